The molecule has 1 atom stereocenters. The van der Waals surface area contributed by atoms with Crippen molar-refractivity contribution in [3.63, 3.8) is 0 Å². The first kappa shape index (κ1) is 11.9. The van der Waals surface area contributed by atoms with Gasteiger partial charge in [0, 0.05) is 11.1 Å². The number of hydrogen-bond acceptors (Lipinski definition) is 3. The lowest BCUT2D eigenvalue weighted by Crippen LogP contribution is -1.98. The molecule has 1 N–H and O–H groups in total. The Bertz CT molecular complexity index is 535. The predicted molar refractivity (Wildman–Crippen MR) is 68.3 cm³/mol. The number of benzene rings is 1. The van der Waals surface area contributed by atoms with Gasteiger partial charge in [-0.1, -0.05) is 0 Å². The number of aromatic nitrogens is 1. The normalized spacial score (nSPS) is 12.7. The number of ether oxygens (including phenoxy) is 1. The minimum absolute atomic E-state index is 0.504. The van der Waals surface area contributed by atoms with Gasteiger partial charge >= 0.3 is 0 Å². The predicted octanol–water partition coefficient (Wildman–Crippen LogP) is 3.00. The maximum atomic E-state index is 9.80. The quantitative estimate of drug-likeness (QED) is 0.883. The first-order valence-corrected chi connectivity index (χ1v) is 5.84. The maximum Gasteiger partial charge on any atom is 0.120 e. The Balaban J connectivity index is 2.64. The van der Waals surface area contributed by atoms with Gasteiger partial charge < -0.3 is 9.84 Å². The molecular weight excluding hydrogens is 214 g/mol. The van der Waals surface area contributed by atoms with Gasteiger partial charge in [0.05, 0.1) is 18.2 Å². The summed E-state index contributed by atoms with van der Waals surface area (Å²) in [5.41, 5.74) is 2.70. The zero-order chi connectivity index (χ0) is 12.4. The minimum atomic E-state index is -0.504. The van der Waals surface area contributed by atoms with Crippen molar-refractivity contribution in [2.75, 3.05) is 6.61 Å². The van der Waals surface area contributed by atoms with Crippen LogP contribution in [-0.2, 0) is 0 Å². The van der Waals surface area contributed by atoms with Crippen molar-refractivity contribution in [2.45, 2.75) is 26.9 Å². The third-order valence-corrected chi connectivity index (χ3v) is 2.70. The molecule has 2 rings (SSSR count). The van der Waals surface area contributed by atoms with Crippen molar-refractivity contribution in [3.05, 3.63) is 35.5 Å². The second-order valence-corrected chi connectivity index (χ2v) is 4.14. The van der Waals surface area contributed by atoms with Crippen molar-refractivity contribution in [3.8, 4) is 5.75 Å². The Kier molecular flexibility index (Phi) is 3.29. The third-order valence-electron chi connectivity index (χ3n) is 2.70. The smallest absolute Gasteiger partial charge is 0.120 e. The van der Waals surface area contributed by atoms with Crippen molar-refractivity contribution in [1.29, 1.82) is 0 Å². The van der Waals surface area contributed by atoms with E-state index >= 15 is 0 Å². The van der Waals surface area contributed by atoms with Crippen LogP contribution in [0.25, 0.3) is 10.9 Å². The highest BCUT2D eigenvalue weighted by molar-refractivity contribution is 5.84. The van der Waals surface area contributed by atoms with Crippen molar-refractivity contribution in [2.24, 2.45) is 0 Å². The van der Waals surface area contributed by atoms with Gasteiger partial charge in [-0.2, -0.15) is 0 Å². The lowest BCUT2D eigenvalue weighted by Gasteiger charge is -2.11. The van der Waals surface area contributed by atoms with E-state index in [1.54, 1.807) is 6.92 Å². The van der Waals surface area contributed by atoms with E-state index in [0.717, 1.165) is 27.9 Å². The third kappa shape index (κ3) is 2.39. The Labute approximate surface area is 101 Å². The molecule has 1 aromatic heterocycles. The van der Waals surface area contributed by atoms with Gasteiger partial charge in [0.15, 0.2) is 0 Å². The van der Waals surface area contributed by atoms with Crippen LogP contribution in [0.3, 0.4) is 0 Å². The topological polar surface area (TPSA) is 42.4 Å². The monoisotopic (exact) mass is 231 g/mol. The number of aliphatic hydroxyl groups is 1. The number of hydrogen-bond donors (Lipinski definition) is 1. The number of nitrogens with zero attached hydrogens (tertiary/aromatic N) is 1. The van der Waals surface area contributed by atoms with E-state index in [0.29, 0.717) is 6.61 Å². The Morgan fingerprint density at radius 1 is 1.35 bits per heavy atom. The van der Waals surface area contributed by atoms with Crippen LogP contribution >= 0.6 is 0 Å². The molecule has 0 saturated carbocycles. The van der Waals surface area contributed by atoms with E-state index < -0.39 is 6.10 Å². The van der Waals surface area contributed by atoms with E-state index in [1.807, 2.05) is 38.1 Å². The summed E-state index contributed by atoms with van der Waals surface area (Å²) in [6.45, 7) is 6.28. The molecule has 0 fully saturated rings. The highest BCUT2D eigenvalue weighted by atomic mass is 16.5. The SMILES string of the molecule is CCOc1ccc2nc(C)cc(C(C)O)c2c1. The fourth-order valence-electron chi connectivity index (χ4n) is 1.97. The summed E-state index contributed by atoms with van der Waals surface area (Å²) in [6.07, 6.45) is -0.504. The molecule has 90 valence electrons. The van der Waals surface area contributed by atoms with Crippen LogP contribution in [0.15, 0.2) is 24.3 Å². The molecule has 3 heteroatoms. The lowest BCUT2D eigenvalue weighted by atomic mass is 10.0. The van der Waals surface area contributed by atoms with Crippen LogP contribution in [0.5, 0.6) is 5.75 Å². The van der Waals surface area contributed by atoms with Gasteiger partial charge in [-0.25, -0.2) is 0 Å². The molecule has 17 heavy (non-hydrogen) atoms. The molecule has 0 radical (unpaired) electrons. The van der Waals surface area contributed by atoms with E-state index in [9.17, 15) is 5.11 Å². The molecule has 0 bridgehead atoms. The summed E-state index contributed by atoms with van der Waals surface area (Å²) in [5.74, 6) is 0.813. The first-order valence-electron chi connectivity index (χ1n) is 5.84. The minimum Gasteiger partial charge on any atom is -0.494 e. The number of fused-ring (bicyclic) bond motifs is 1. The first-order chi connectivity index (χ1) is 8.11. The molecule has 0 amide bonds. The number of aliphatic hydroxyl groups excluding tert-OH is 1. The van der Waals surface area contributed by atoms with Crippen molar-refractivity contribution in [1.82, 2.24) is 4.98 Å². The summed E-state index contributed by atoms with van der Waals surface area (Å²) < 4.78 is 5.47. The largest absolute Gasteiger partial charge is 0.494 e. The molecule has 0 spiro atoms. The van der Waals surface area contributed by atoms with Crippen LogP contribution in [0, 0.1) is 6.92 Å². The van der Waals surface area contributed by atoms with Gasteiger partial charge in [0.25, 0.3) is 0 Å². The summed E-state index contributed by atoms with van der Waals surface area (Å²) in [6, 6.07) is 7.69. The van der Waals surface area contributed by atoms with Gasteiger partial charge in [0.2, 0.25) is 0 Å². The number of aryl methyl sites for hydroxylation is 1. The van der Waals surface area contributed by atoms with E-state index in [2.05, 4.69) is 4.98 Å². The highest BCUT2D eigenvalue weighted by Crippen LogP contribution is 2.27. The zero-order valence-corrected chi connectivity index (χ0v) is 10.4. The molecule has 1 aromatic carbocycles. The standard InChI is InChI=1S/C14H17NO2/c1-4-17-11-5-6-14-13(8-11)12(10(3)16)7-9(2)15-14/h5-8,10,16H,4H2,1-3H3. The van der Waals surface area contributed by atoms with Gasteiger partial charge in [-0.05, 0) is 50.6 Å². The lowest BCUT2D eigenvalue weighted by molar-refractivity contribution is 0.200. The maximum absolute atomic E-state index is 9.80. The second-order valence-electron chi connectivity index (χ2n) is 4.14. The molecule has 0 aliphatic heterocycles. The Morgan fingerprint density at radius 2 is 2.12 bits per heavy atom. The zero-order valence-electron chi connectivity index (χ0n) is 10.4. The molecule has 0 aliphatic rings. The molecule has 2 aromatic rings. The average Bonchev–Trinajstić information content (AvgIpc) is 2.28. The molecule has 1 heterocycles. The number of rotatable bonds is 3. The fraction of sp³-hybridized carbons (Fsp3) is 0.357. The summed E-state index contributed by atoms with van der Waals surface area (Å²) in [4.78, 5) is 4.45. The average molecular weight is 231 g/mol. The second kappa shape index (κ2) is 4.72. The summed E-state index contributed by atoms with van der Waals surface area (Å²) in [7, 11) is 0. The van der Waals surface area contributed by atoms with E-state index in [4.69, 9.17) is 4.74 Å². The number of pyridine rings is 1. The van der Waals surface area contributed by atoms with Gasteiger partial charge in [-0.3, -0.25) is 4.98 Å². The molecule has 0 saturated heterocycles. The highest BCUT2D eigenvalue weighted by Gasteiger charge is 2.09. The van der Waals surface area contributed by atoms with Crippen LogP contribution in [0.1, 0.15) is 31.2 Å². The molecule has 0 aliphatic carbocycles. The summed E-state index contributed by atoms with van der Waals surface area (Å²) in [5, 5.41) is 10.8. The van der Waals surface area contributed by atoms with Gasteiger partial charge in [0.1, 0.15) is 5.75 Å². The van der Waals surface area contributed by atoms with Crippen LogP contribution in [0.4, 0.5) is 0 Å². The Morgan fingerprint density at radius 3 is 2.76 bits per heavy atom. The van der Waals surface area contributed by atoms with Crippen LogP contribution < -0.4 is 4.74 Å². The van der Waals surface area contributed by atoms with E-state index in [1.165, 1.54) is 0 Å². The molecular formula is C14H17NO2. The van der Waals surface area contributed by atoms with E-state index in [-0.39, 0.29) is 0 Å². The summed E-state index contributed by atoms with van der Waals surface area (Å²) >= 11 is 0. The van der Waals surface area contributed by atoms with Crippen LogP contribution in [0.2, 0.25) is 0 Å². The van der Waals surface area contributed by atoms with Crippen molar-refractivity contribution >= 4 is 10.9 Å². The molecule has 3 nitrogen and oxygen atoms in total. The Hall–Kier alpha value is -1.61. The fourth-order valence-corrected chi connectivity index (χ4v) is 1.97. The van der Waals surface area contributed by atoms with Crippen LogP contribution in [-0.4, -0.2) is 16.7 Å². The molecule has 1 unspecified atom stereocenters. The van der Waals surface area contributed by atoms with Gasteiger partial charge in [-0.15, -0.1) is 0 Å². The van der Waals surface area contributed by atoms with Crippen molar-refractivity contribution < 1.29 is 9.84 Å².